The van der Waals surface area contributed by atoms with Gasteiger partial charge < -0.3 is 0 Å². The highest BCUT2D eigenvalue weighted by Gasteiger charge is 2.07. The van der Waals surface area contributed by atoms with Crippen molar-refractivity contribution in [3.8, 4) is 0 Å². The van der Waals surface area contributed by atoms with Crippen molar-refractivity contribution in [2.75, 3.05) is 0 Å². The Morgan fingerprint density at radius 1 is 1.50 bits per heavy atom. The minimum Gasteiger partial charge on any atom is -0.293 e. The maximum absolute atomic E-state index is 11.7. The van der Waals surface area contributed by atoms with Gasteiger partial charge in [0.15, 0.2) is 5.65 Å². The second-order valence-electron chi connectivity index (χ2n) is 3.81. The average Bonchev–Trinajstić information content (AvgIpc) is 2.56. The number of H-pyrrole nitrogens is 1. The molecule has 2 rings (SSSR count). The van der Waals surface area contributed by atoms with Gasteiger partial charge in [0.25, 0.3) is 5.56 Å². The molecule has 0 atom stereocenters. The van der Waals surface area contributed by atoms with E-state index in [1.807, 2.05) is 6.07 Å². The summed E-state index contributed by atoms with van der Waals surface area (Å²) in [5.41, 5.74) is 2.34. The topological polar surface area (TPSA) is 50.2 Å². The summed E-state index contributed by atoms with van der Waals surface area (Å²) in [5.74, 6) is 0.372. The molecule has 0 aromatic carbocycles. The molecule has 0 saturated heterocycles. The van der Waals surface area contributed by atoms with Crippen LogP contribution in [0.5, 0.6) is 0 Å². The van der Waals surface area contributed by atoms with E-state index in [0.29, 0.717) is 17.1 Å². The van der Waals surface area contributed by atoms with Crippen LogP contribution in [0, 0.1) is 6.92 Å². The first-order valence-electron chi connectivity index (χ1n) is 4.67. The van der Waals surface area contributed by atoms with Crippen LogP contribution in [-0.4, -0.2) is 14.6 Å². The largest absolute Gasteiger partial charge is 0.293 e. The quantitative estimate of drug-likeness (QED) is 0.741. The van der Waals surface area contributed by atoms with Crippen molar-refractivity contribution in [1.82, 2.24) is 14.6 Å². The number of aromatic amines is 1. The summed E-state index contributed by atoms with van der Waals surface area (Å²) in [6, 6.07) is 1.91. The Labute approximate surface area is 81.6 Å². The summed E-state index contributed by atoms with van der Waals surface area (Å²) >= 11 is 0. The fraction of sp³-hybridized carbons (Fsp3) is 0.400. The average molecular weight is 191 g/mol. The van der Waals surface area contributed by atoms with Crippen molar-refractivity contribution in [3.05, 3.63) is 33.9 Å². The molecule has 1 N–H and O–H groups in total. The Hall–Kier alpha value is -1.58. The van der Waals surface area contributed by atoms with E-state index in [1.54, 1.807) is 13.1 Å². The first-order chi connectivity index (χ1) is 6.59. The molecule has 0 aliphatic rings. The number of rotatable bonds is 1. The maximum Gasteiger partial charge on any atom is 0.275 e. The van der Waals surface area contributed by atoms with Gasteiger partial charge in [-0.15, -0.1) is 0 Å². The summed E-state index contributed by atoms with van der Waals surface area (Å²) in [6.07, 6.45) is 1.61. The van der Waals surface area contributed by atoms with Gasteiger partial charge in [-0.2, -0.15) is 0 Å². The molecule has 0 spiro atoms. The second kappa shape index (κ2) is 2.97. The molecule has 14 heavy (non-hydrogen) atoms. The highest BCUT2D eigenvalue weighted by atomic mass is 16.1. The smallest absolute Gasteiger partial charge is 0.275 e. The zero-order chi connectivity index (χ0) is 10.3. The van der Waals surface area contributed by atoms with Gasteiger partial charge in [0.1, 0.15) is 0 Å². The van der Waals surface area contributed by atoms with Crippen LogP contribution in [0.2, 0.25) is 0 Å². The number of hydrogen-bond acceptors (Lipinski definition) is 2. The van der Waals surface area contributed by atoms with Gasteiger partial charge in [-0.3, -0.25) is 9.89 Å². The lowest BCUT2D eigenvalue weighted by Gasteiger charge is -1.97. The van der Waals surface area contributed by atoms with Crippen molar-refractivity contribution >= 4 is 5.65 Å². The third kappa shape index (κ3) is 1.23. The molecule has 74 valence electrons. The summed E-state index contributed by atoms with van der Waals surface area (Å²) < 4.78 is 1.49. The molecule has 4 heteroatoms. The normalized spacial score (nSPS) is 11.4. The van der Waals surface area contributed by atoms with Gasteiger partial charge in [0.05, 0.1) is 0 Å². The minimum atomic E-state index is -0.0260. The molecular weight excluding hydrogens is 178 g/mol. The molecular formula is C10H13N3O. The number of aryl methyl sites for hydroxylation is 1. The van der Waals surface area contributed by atoms with Gasteiger partial charge in [-0.05, 0) is 12.8 Å². The van der Waals surface area contributed by atoms with Crippen LogP contribution in [0.4, 0.5) is 0 Å². The van der Waals surface area contributed by atoms with E-state index in [1.165, 1.54) is 4.52 Å². The lowest BCUT2D eigenvalue weighted by molar-refractivity contribution is 0.773. The zero-order valence-corrected chi connectivity index (χ0v) is 8.53. The van der Waals surface area contributed by atoms with E-state index in [2.05, 4.69) is 23.9 Å². The Bertz CT molecular complexity index is 522. The molecule has 0 saturated carbocycles. The second-order valence-corrected chi connectivity index (χ2v) is 3.81. The molecule has 0 bridgehead atoms. The van der Waals surface area contributed by atoms with Crippen LogP contribution < -0.4 is 5.56 Å². The van der Waals surface area contributed by atoms with Crippen LogP contribution in [0.1, 0.15) is 31.0 Å². The number of fused-ring (bicyclic) bond motifs is 1. The number of nitrogens with one attached hydrogen (secondary N) is 1. The van der Waals surface area contributed by atoms with Crippen molar-refractivity contribution in [1.29, 1.82) is 0 Å². The first kappa shape index (κ1) is 8.99. The van der Waals surface area contributed by atoms with Gasteiger partial charge in [-0.25, -0.2) is 9.50 Å². The van der Waals surface area contributed by atoms with Gasteiger partial charge in [0, 0.05) is 23.5 Å². The van der Waals surface area contributed by atoms with Crippen LogP contribution in [0.25, 0.3) is 5.65 Å². The Kier molecular flexibility index (Phi) is 1.91. The summed E-state index contributed by atoms with van der Waals surface area (Å²) in [4.78, 5) is 15.8. The highest BCUT2D eigenvalue weighted by Crippen LogP contribution is 2.12. The molecule has 0 unspecified atom stereocenters. The monoisotopic (exact) mass is 191 g/mol. The third-order valence-electron chi connectivity index (χ3n) is 2.31. The SMILES string of the molecule is Cc1cnc2cc(C(C)C)[nH]n2c1=O. The van der Waals surface area contributed by atoms with Crippen LogP contribution >= 0.6 is 0 Å². The van der Waals surface area contributed by atoms with E-state index in [4.69, 9.17) is 0 Å². The first-order valence-corrected chi connectivity index (χ1v) is 4.67. The molecule has 2 aromatic rings. The molecule has 4 nitrogen and oxygen atoms in total. The molecule has 2 aromatic heterocycles. The number of nitrogens with zero attached hydrogens (tertiary/aromatic N) is 2. The standard InChI is InChI=1S/C10H13N3O/c1-6(2)8-4-9-11-5-7(3)10(14)13(9)12-8/h4-6,12H,1-3H3. The van der Waals surface area contributed by atoms with Crippen LogP contribution in [-0.2, 0) is 0 Å². The van der Waals surface area contributed by atoms with Gasteiger partial charge in [-0.1, -0.05) is 13.8 Å². The number of hydrogen-bond donors (Lipinski definition) is 1. The highest BCUT2D eigenvalue weighted by molar-refractivity contribution is 5.39. The summed E-state index contributed by atoms with van der Waals surface area (Å²) in [7, 11) is 0. The fourth-order valence-corrected chi connectivity index (χ4v) is 1.36. The van der Waals surface area contributed by atoms with E-state index >= 15 is 0 Å². The van der Waals surface area contributed by atoms with E-state index in [9.17, 15) is 4.79 Å². The lowest BCUT2D eigenvalue weighted by Crippen LogP contribution is -2.17. The van der Waals surface area contributed by atoms with Crippen molar-refractivity contribution in [3.63, 3.8) is 0 Å². The zero-order valence-electron chi connectivity index (χ0n) is 8.53. The number of aromatic nitrogens is 3. The molecule has 2 heterocycles. The Morgan fingerprint density at radius 3 is 2.86 bits per heavy atom. The Morgan fingerprint density at radius 2 is 2.21 bits per heavy atom. The predicted octanol–water partition coefficient (Wildman–Crippen LogP) is 1.45. The third-order valence-corrected chi connectivity index (χ3v) is 2.31. The van der Waals surface area contributed by atoms with Crippen molar-refractivity contribution in [2.45, 2.75) is 26.7 Å². The van der Waals surface area contributed by atoms with Crippen LogP contribution in [0.15, 0.2) is 17.1 Å². The summed E-state index contributed by atoms with van der Waals surface area (Å²) in [6.45, 7) is 5.91. The predicted molar refractivity (Wildman–Crippen MR) is 54.6 cm³/mol. The van der Waals surface area contributed by atoms with Gasteiger partial charge >= 0.3 is 0 Å². The van der Waals surface area contributed by atoms with Gasteiger partial charge in [0.2, 0.25) is 0 Å². The van der Waals surface area contributed by atoms with E-state index in [-0.39, 0.29) is 5.56 Å². The van der Waals surface area contributed by atoms with Crippen molar-refractivity contribution < 1.29 is 0 Å². The van der Waals surface area contributed by atoms with E-state index < -0.39 is 0 Å². The Balaban J connectivity index is 2.78. The maximum atomic E-state index is 11.7. The lowest BCUT2D eigenvalue weighted by atomic mass is 10.1. The molecule has 0 radical (unpaired) electrons. The van der Waals surface area contributed by atoms with Crippen molar-refractivity contribution in [2.24, 2.45) is 0 Å². The molecule has 0 fully saturated rings. The van der Waals surface area contributed by atoms with E-state index in [0.717, 1.165) is 5.69 Å². The summed E-state index contributed by atoms with van der Waals surface area (Å²) in [5, 5.41) is 3.05. The molecule has 0 amide bonds. The molecule has 0 aliphatic carbocycles. The molecule has 0 aliphatic heterocycles. The fourth-order valence-electron chi connectivity index (χ4n) is 1.36. The van der Waals surface area contributed by atoms with Crippen LogP contribution in [0.3, 0.4) is 0 Å². The minimum absolute atomic E-state index is 0.0260.